The molecule has 0 atom stereocenters. The fourth-order valence-electron chi connectivity index (χ4n) is 3.89. The molecule has 1 saturated heterocycles. The summed E-state index contributed by atoms with van der Waals surface area (Å²) in [7, 11) is 1.93. The van der Waals surface area contributed by atoms with Crippen molar-refractivity contribution in [1.82, 2.24) is 4.90 Å². The van der Waals surface area contributed by atoms with E-state index in [1.807, 2.05) is 37.1 Å². The number of benzene rings is 2. The van der Waals surface area contributed by atoms with Crippen LogP contribution < -0.4 is 10.2 Å². The van der Waals surface area contributed by atoms with Crippen LogP contribution in [0.15, 0.2) is 48.5 Å². The molecular formula is C20H23N3O. The highest BCUT2D eigenvalue weighted by Crippen LogP contribution is 2.37. The SMILES string of the molecule is Cc1ccc2c(c1)C(=O)N(C)C1(CCN(c3ccccc3)CC1)N2. The van der Waals surface area contributed by atoms with Crippen LogP contribution in [-0.2, 0) is 0 Å². The Balaban J connectivity index is 1.59. The second kappa shape index (κ2) is 5.55. The maximum absolute atomic E-state index is 12.9. The van der Waals surface area contributed by atoms with Gasteiger partial charge in [-0.05, 0) is 31.2 Å². The quantitative estimate of drug-likeness (QED) is 0.873. The van der Waals surface area contributed by atoms with Gasteiger partial charge < -0.3 is 15.1 Å². The van der Waals surface area contributed by atoms with Crippen LogP contribution in [0, 0.1) is 6.92 Å². The minimum Gasteiger partial charge on any atom is -0.371 e. The third-order valence-corrected chi connectivity index (χ3v) is 5.43. The van der Waals surface area contributed by atoms with Crippen molar-refractivity contribution in [1.29, 1.82) is 0 Å². The summed E-state index contributed by atoms with van der Waals surface area (Å²) in [5.74, 6) is 0.126. The normalized spacial score (nSPS) is 19.2. The smallest absolute Gasteiger partial charge is 0.257 e. The summed E-state index contributed by atoms with van der Waals surface area (Å²) in [5, 5.41) is 3.67. The van der Waals surface area contributed by atoms with E-state index < -0.39 is 0 Å². The minimum atomic E-state index is -0.273. The Morgan fingerprint density at radius 2 is 1.75 bits per heavy atom. The number of nitrogens with zero attached hydrogens (tertiary/aromatic N) is 2. The zero-order chi connectivity index (χ0) is 16.7. The van der Waals surface area contributed by atoms with Crippen molar-refractivity contribution in [2.24, 2.45) is 0 Å². The molecule has 1 spiro atoms. The first-order valence-corrected chi connectivity index (χ1v) is 8.56. The number of aryl methyl sites for hydroxylation is 1. The van der Waals surface area contributed by atoms with Crippen molar-refractivity contribution in [2.75, 3.05) is 30.4 Å². The lowest BCUT2D eigenvalue weighted by molar-refractivity contribution is 0.0533. The van der Waals surface area contributed by atoms with E-state index in [0.717, 1.165) is 42.7 Å². The van der Waals surface area contributed by atoms with Crippen molar-refractivity contribution in [2.45, 2.75) is 25.4 Å². The first-order valence-electron chi connectivity index (χ1n) is 8.56. The molecule has 0 bridgehead atoms. The van der Waals surface area contributed by atoms with Crippen molar-refractivity contribution in [3.63, 3.8) is 0 Å². The molecule has 24 heavy (non-hydrogen) atoms. The molecule has 0 aromatic heterocycles. The van der Waals surface area contributed by atoms with Gasteiger partial charge >= 0.3 is 0 Å². The highest BCUT2D eigenvalue weighted by atomic mass is 16.2. The maximum atomic E-state index is 12.9. The summed E-state index contributed by atoms with van der Waals surface area (Å²) in [5.41, 5.74) is 3.86. The van der Waals surface area contributed by atoms with Gasteiger partial charge in [-0.1, -0.05) is 29.8 Å². The Morgan fingerprint density at radius 3 is 2.46 bits per heavy atom. The Bertz CT molecular complexity index is 764. The molecule has 2 aliphatic heterocycles. The molecule has 2 aromatic rings. The molecule has 0 unspecified atom stereocenters. The number of nitrogens with one attached hydrogen (secondary N) is 1. The predicted octanol–water partition coefficient (Wildman–Crippen LogP) is 3.49. The monoisotopic (exact) mass is 321 g/mol. The molecule has 1 N–H and O–H groups in total. The second-order valence-corrected chi connectivity index (χ2v) is 6.89. The molecule has 0 saturated carbocycles. The summed E-state index contributed by atoms with van der Waals surface area (Å²) in [6.07, 6.45) is 1.83. The van der Waals surface area contributed by atoms with E-state index in [0.29, 0.717) is 0 Å². The van der Waals surface area contributed by atoms with Gasteiger partial charge in [-0.15, -0.1) is 0 Å². The molecule has 0 aliphatic carbocycles. The van der Waals surface area contributed by atoms with Gasteiger partial charge in [0.2, 0.25) is 0 Å². The number of hydrogen-bond donors (Lipinski definition) is 1. The molecule has 1 amide bonds. The van der Waals surface area contributed by atoms with E-state index in [2.05, 4.69) is 40.5 Å². The third-order valence-electron chi connectivity index (χ3n) is 5.43. The van der Waals surface area contributed by atoms with Crippen LogP contribution in [0.5, 0.6) is 0 Å². The third kappa shape index (κ3) is 2.33. The number of carbonyl (C=O) groups excluding carboxylic acids is 1. The molecule has 0 radical (unpaired) electrons. The number of carbonyl (C=O) groups is 1. The molecular weight excluding hydrogens is 298 g/mol. The number of piperidine rings is 1. The predicted molar refractivity (Wildman–Crippen MR) is 97.5 cm³/mol. The van der Waals surface area contributed by atoms with Crippen molar-refractivity contribution in [3.8, 4) is 0 Å². The average Bonchev–Trinajstić information content (AvgIpc) is 2.62. The fraction of sp³-hybridized carbons (Fsp3) is 0.350. The molecule has 1 fully saturated rings. The van der Waals surface area contributed by atoms with Gasteiger partial charge in [-0.2, -0.15) is 0 Å². The highest BCUT2D eigenvalue weighted by Gasteiger charge is 2.44. The Kier molecular flexibility index (Phi) is 3.48. The number of anilines is 2. The lowest BCUT2D eigenvalue weighted by atomic mass is 9.90. The number of fused-ring (bicyclic) bond motifs is 1. The molecule has 2 aromatic carbocycles. The maximum Gasteiger partial charge on any atom is 0.257 e. The van der Waals surface area contributed by atoms with Crippen LogP contribution in [0.1, 0.15) is 28.8 Å². The van der Waals surface area contributed by atoms with Gasteiger partial charge in [-0.3, -0.25) is 4.79 Å². The van der Waals surface area contributed by atoms with E-state index in [4.69, 9.17) is 0 Å². The molecule has 124 valence electrons. The molecule has 2 aliphatic rings. The Hall–Kier alpha value is -2.49. The van der Waals surface area contributed by atoms with Gasteiger partial charge in [-0.25, -0.2) is 0 Å². The summed E-state index contributed by atoms with van der Waals surface area (Å²) in [4.78, 5) is 17.2. The zero-order valence-electron chi connectivity index (χ0n) is 14.2. The van der Waals surface area contributed by atoms with E-state index in [9.17, 15) is 4.79 Å². The first kappa shape index (κ1) is 15.1. The van der Waals surface area contributed by atoms with E-state index in [-0.39, 0.29) is 11.6 Å². The minimum absolute atomic E-state index is 0.126. The number of para-hydroxylation sites is 1. The Labute approximate surface area is 143 Å². The van der Waals surface area contributed by atoms with Crippen LogP contribution in [0.2, 0.25) is 0 Å². The fourth-order valence-corrected chi connectivity index (χ4v) is 3.89. The van der Waals surface area contributed by atoms with Gasteiger partial charge in [0, 0.05) is 44.4 Å². The van der Waals surface area contributed by atoms with Crippen molar-refractivity contribution < 1.29 is 4.79 Å². The summed E-state index contributed by atoms with van der Waals surface area (Å²) < 4.78 is 0. The van der Waals surface area contributed by atoms with Crippen molar-refractivity contribution >= 4 is 17.3 Å². The van der Waals surface area contributed by atoms with Crippen LogP contribution in [0.4, 0.5) is 11.4 Å². The van der Waals surface area contributed by atoms with Gasteiger partial charge in [0.05, 0.1) is 5.56 Å². The van der Waals surface area contributed by atoms with E-state index in [1.54, 1.807) is 0 Å². The molecule has 4 rings (SSSR count). The highest BCUT2D eigenvalue weighted by molar-refractivity contribution is 6.02. The molecule has 2 heterocycles. The summed E-state index contributed by atoms with van der Waals surface area (Å²) >= 11 is 0. The first-order chi connectivity index (χ1) is 11.6. The lowest BCUT2D eigenvalue weighted by Gasteiger charge is -2.51. The van der Waals surface area contributed by atoms with Crippen LogP contribution in [0.25, 0.3) is 0 Å². The van der Waals surface area contributed by atoms with Gasteiger partial charge in [0.1, 0.15) is 5.66 Å². The van der Waals surface area contributed by atoms with Gasteiger partial charge in [0.15, 0.2) is 0 Å². The standard InChI is InChI=1S/C20H23N3O/c1-15-8-9-18-17(14-15)19(24)22(2)20(21-18)10-12-23(13-11-20)16-6-4-3-5-7-16/h3-9,14,21H,10-13H2,1-2H3. The van der Waals surface area contributed by atoms with E-state index >= 15 is 0 Å². The second-order valence-electron chi connectivity index (χ2n) is 6.89. The summed E-state index contributed by atoms with van der Waals surface area (Å²) in [6, 6.07) is 16.6. The molecule has 4 nitrogen and oxygen atoms in total. The topological polar surface area (TPSA) is 35.6 Å². The number of rotatable bonds is 1. The average molecular weight is 321 g/mol. The Morgan fingerprint density at radius 1 is 1.04 bits per heavy atom. The number of hydrogen-bond acceptors (Lipinski definition) is 3. The van der Waals surface area contributed by atoms with Crippen LogP contribution in [-0.4, -0.2) is 36.6 Å². The zero-order valence-corrected chi connectivity index (χ0v) is 14.2. The lowest BCUT2D eigenvalue weighted by Crippen LogP contribution is -2.62. The van der Waals surface area contributed by atoms with Gasteiger partial charge in [0.25, 0.3) is 5.91 Å². The van der Waals surface area contributed by atoms with Crippen LogP contribution in [0.3, 0.4) is 0 Å². The summed E-state index contributed by atoms with van der Waals surface area (Å²) in [6.45, 7) is 3.90. The van der Waals surface area contributed by atoms with Crippen LogP contribution >= 0.6 is 0 Å². The van der Waals surface area contributed by atoms with Crippen molar-refractivity contribution in [3.05, 3.63) is 59.7 Å². The largest absolute Gasteiger partial charge is 0.371 e. The van der Waals surface area contributed by atoms with E-state index in [1.165, 1.54) is 5.69 Å². The molecule has 4 heteroatoms. The number of amides is 1.